The van der Waals surface area contributed by atoms with Crippen LogP contribution in [0.1, 0.15) is 15.9 Å². The number of hydrogen-bond acceptors (Lipinski definition) is 4. The van der Waals surface area contributed by atoms with Crippen LogP contribution in [0.4, 0.5) is 5.69 Å². The summed E-state index contributed by atoms with van der Waals surface area (Å²) in [6.07, 6.45) is 0. The van der Waals surface area contributed by atoms with Gasteiger partial charge < -0.3 is 14.5 Å². The van der Waals surface area contributed by atoms with Crippen molar-refractivity contribution in [2.75, 3.05) is 38.2 Å². The fourth-order valence-electron chi connectivity index (χ4n) is 4.46. The Morgan fingerprint density at radius 1 is 0.941 bits per heavy atom. The van der Waals surface area contributed by atoms with Gasteiger partial charge in [-0.2, -0.15) is 0 Å². The number of piperazine rings is 1. The van der Waals surface area contributed by atoms with Crippen LogP contribution in [0.15, 0.2) is 72.8 Å². The number of aryl methyl sites for hydroxylation is 1. The molecular formula is C28H26ClN3O2. The Kier molecular flexibility index (Phi) is 6.12. The van der Waals surface area contributed by atoms with Crippen molar-refractivity contribution in [1.29, 1.82) is 0 Å². The summed E-state index contributed by atoms with van der Waals surface area (Å²) in [5.41, 5.74) is 5.36. The number of fused-ring (bicyclic) bond motifs is 1. The van der Waals surface area contributed by atoms with Crippen molar-refractivity contribution in [3.8, 4) is 17.0 Å². The largest absolute Gasteiger partial charge is 0.497 e. The SMILES string of the molecule is COc1cccc(-c2cc(C(=O)N3CCN(c4cccc(Cl)c4)CC3)c3cc(C)ccc3n2)c1. The van der Waals surface area contributed by atoms with Crippen molar-refractivity contribution in [1.82, 2.24) is 9.88 Å². The third kappa shape index (κ3) is 4.44. The van der Waals surface area contributed by atoms with E-state index in [1.54, 1.807) is 7.11 Å². The molecule has 3 aromatic carbocycles. The molecule has 0 unspecified atom stereocenters. The van der Waals surface area contributed by atoms with Gasteiger partial charge in [0.05, 0.1) is 23.9 Å². The Bertz CT molecular complexity index is 1360. The minimum absolute atomic E-state index is 0.0351. The number of rotatable bonds is 4. The van der Waals surface area contributed by atoms with Gasteiger partial charge in [-0.3, -0.25) is 4.79 Å². The average molecular weight is 472 g/mol. The Morgan fingerprint density at radius 3 is 2.50 bits per heavy atom. The van der Waals surface area contributed by atoms with Crippen LogP contribution in [0.5, 0.6) is 5.75 Å². The van der Waals surface area contributed by atoms with Crippen molar-refractivity contribution in [2.45, 2.75) is 6.92 Å². The lowest BCUT2D eigenvalue weighted by atomic mass is 10.0. The minimum atomic E-state index is 0.0351. The van der Waals surface area contributed by atoms with Gasteiger partial charge in [0, 0.05) is 47.8 Å². The van der Waals surface area contributed by atoms with E-state index in [9.17, 15) is 4.79 Å². The average Bonchev–Trinajstić information content (AvgIpc) is 2.88. The highest BCUT2D eigenvalue weighted by Gasteiger charge is 2.25. The van der Waals surface area contributed by atoms with Crippen molar-refractivity contribution in [2.24, 2.45) is 0 Å². The van der Waals surface area contributed by atoms with E-state index in [4.69, 9.17) is 21.3 Å². The second kappa shape index (κ2) is 9.35. The van der Waals surface area contributed by atoms with Crippen molar-refractivity contribution in [3.05, 3.63) is 88.9 Å². The molecule has 1 fully saturated rings. The van der Waals surface area contributed by atoms with Gasteiger partial charge in [-0.05, 0) is 55.5 Å². The number of anilines is 1. The summed E-state index contributed by atoms with van der Waals surface area (Å²) in [7, 11) is 1.65. The van der Waals surface area contributed by atoms with Crippen molar-refractivity contribution >= 4 is 34.1 Å². The molecule has 0 bridgehead atoms. The van der Waals surface area contributed by atoms with Gasteiger partial charge in [0.1, 0.15) is 5.75 Å². The maximum Gasteiger partial charge on any atom is 0.254 e. The molecule has 0 N–H and O–H groups in total. The highest BCUT2D eigenvalue weighted by molar-refractivity contribution is 6.30. The zero-order valence-electron chi connectivity index (χ0n) is 19.3. The number of pyridine rings is 1. The van der Waals surface area contributed by atoms with Crippen LogP contribution in [0.2, 0.25) is 5.02 Å². The summed E-state index contributed by atoms with van der Waals surface area (Å²) >= 11 is 6.17. The minimum Gasteiger partial charge on any atom is -0.497 e. The summed E-state index contributed by atoms with van der Waals surface area (Å²) in [6.45, 7) is 4.85. The number of nitrogens with zero attached hydrogens (tertiary/aromatic N) is 3. The standard InChI is InChI=1S/C28H26ClN3O2/c1-19-9-10-26-24(15-19)25(18-27(30-26)20-5-3-8-23(16-20)34-2)28(33)32-13-11-31(12-14-32)22-7-4-6-21(29)17-22/h3-10,15-18H,11-14H2,1-2H3. The summed E-state index contributed by atoms with van der Waals surface area (Å²) in [5.74, 6) is 0.793. The van der Waals surface area contributed by atoms with Crippen LogP contribution in [-0.4, -0.2) is 49.1 Å². The molecule has 5 rings (SSSR count). The maximum absolute atomic E-state index is 13.8. The van der Waals surface area contributed by atoms with Gasteiger partial charge in [-0.25, -0.2) is 4.98 Å². The molecule has 0 spiro atoms. The van der Waals surface area contributed by atoms with Gasteiger partial charge >= 0.3 is 0 Å². The highest BCUT2D eigenvalue weighted by atomic mass is 35.5. The Labute approximate surface area is 204 Å². The quantitative estimate of drug-likeness (QED) is 0.375. The highest BCUT2D eigenvalue weighted by Crippen LogP contribution is 2.29. The van der Waals surface area contributed by atoms with Crippen LogP contribution in [-0.2, 0) is 0 Å². The van der Waals surface area contributed by atoms with Gasteiger partial charge in [0.2, 0.25) is 0 Å². The lowest BCUT2D eigenvalue weighted by molar-refractivity contribution is 0.0748. The first-order valence-electron chi connectivity index (χ1n) is 11.4. The first-order chi connectivity index (χ1) is 16.5. The number of carbonyl (C=O) groups is 1. The topological polar surface area (TPSA) is 45.7 Å². The molecule has 1 aliphatic heterocycles. The van der Waals surface area contributed by atoms with E-state index in [0.717, 1.165) is 57.3 Å². The Hall–Kier alpha value is -3.57. The summed E-state index contributed by atoms with van der Waals surface area (Å²) in [6, 6.07) is 23.6. The molecule has 2 heterocycles. The molecule has 172 valence electrons. The van der Waals surface area contributed by atoms with E-state index in [1.165, 1.54) is 0 Å². The van der Waals surface area contributed by atoms with E-state index >= 15 is 0 Å². The van der Waals surface area contributed by atoms with E-state index in [2.05, 4.69) is 11.0 Å². The first-order valence-corrected chi connectivity index (χ1v) is 11.8. The predicted octanol–water partition coefficient (Wildman–Crippen LogP) is 5.83. The lowest BCUT2D eigenvalue weighted by Crippen LogP contribution is -2.48. The molecule has 1 saturated heterocycles. The molecule has 0 atom stereocenters. The third-order valence-electron chi connectivity index (χ3n) is 6.30. The lowest BCUT2D eigenvalue weighted by Gasteiger charge is -2.36. The van der Waals surface area contributed by atoms with Crippen LogP contribution in [0, 0.1) is 6.92 Å². The normalized spacial score (nSPS) is 13.9. The molecular weight excluding hydrogens is 446 g/mol. The van der Waals surface area contributed by atoms with Gasteiger partial charge in [0.15, 0.2) is 0 Å². The molecule has 1 amide bonds. The zero-order valence-corrected chi connectivity index (χ0v) is 20.0. The number of methoxy groups -OCH3 is 1. The fraction of sp³-hybridized carbons (Fsp3) is 0.214. The van der Waals surface area contributed by atoms with Crippen LogP contribution >= 0.6 is 11.6 Å². The smallest absolute Gasteiger partial charge is 0.254 e. The zero-order chi connectivity index (χ0) is 23.7. The van der Waals surface area contributed by atoms with Crippen molar-refractivity contribution < 1.29 is 9.53 Å². The Morgan fingerprint density at radius 2 is 1.74 bits per heavy atom. The number of carbonyl (C=O) groups excluding carboxylic acids is 1. The number of ether oxygens (including phenoxy) is 1. The maximum atomic E-state index is 13.8. The van der Waals surface area contributed by atoms with Crippen LogP contribution in [0.3, 0.4) is 0 Å². The Balaban J connectivity index is 1.47. The molecule has 4 aromatic rings. The van der Waals surface area contributed by atoms with E-state index in [1.807, 2.05) is 78.6 Å². The fourth-order valence-corrected chi connectivity index (χ4v) is 4.64. The van der Waals surface area contributed by atoms with Crippen LogP contribution < -0.4 is 9.64 Å². The number of halogens is 1. The van der Waals surface area contributed by atoms with E-state index in [-0.39, 0.29) is 5.91 Å². The van der Waals surface area contributed by atoms with Gasteiger partial charge in [-0.15, -0.1) is 0 Å². The second-order valence-corrected chi connectivity index (χ2v) is 9.00. The third-order valence-corrected chi connectivity index (χ3v) is 6.54. The number of aromatic nitrogens is 1. The summed E-state index contributed by atoms with van der Waals surface area (Å²) in [5, 5.41) is 1.61. The van der Waals surface area contributed by atoms with Crippen molar-refractivity contribution in [3.63, 3.8) is 0 Å². The van der Waals surface area contributed by atoms with E-state index < -0.39 is 0 Å². The van der Waals surface area contributed by atoms with Gasteiger partial charge in [0.25, 0.3) is 5.91 Å². The van der Waals surface area contributed by atoms with Gasteiger partial charge in [-0.1, -0.05) is 41.4 Å². The molecule has 0 aliphatic carbocycles. The number of amides is 1. The molecule has 34 heavy (non-hydrogen) atoms. The molecule has 5 nitrogen and oxygen atoms in total. The predicted molar refractivity (Wildman–Crippen MR) is 138 cm³/mol. The monoisotopic (exact) mass is 471 g/mol. The van der Waals surface area contributed by atoms with E-state index in [0.29, 0.717) is 18.7 Å². The summed E-state index contributed by atoms with van der Waals surface area (Å²) in [4.78, 5) is 22.8. The molecule has 1 aromatic heterocycles. The number of hydrogen-bond donors (Lipinski definition) is 0. The molecule has 1 aliphatic rings. The number of benzene rings is 3. The molecule has 6 heteroatoms. The summed E-state index contributed by atoms with van der Waals surface area (Å²) < 4.78 is 5.39. The second-order valence-electron chi connectivity index (χ2n) is 8.57. The first kappa shape index (κ1) is 22.2. The molecule has 0 radical (unpaired) electrons. The molecule has 0 saturated carbocycles. The van der Waals surface area contributed by atoms with Crippen LogP contribution in [0.25, 0.3) is 22.2 Å².